The number of piperazine rings is 1. The summed E-state index contributed by atoms with van der Waals surface area (Å²) < 4.78 is 45.7. The fourth-order valence-electron chi connectivity index (χ4n) is 9.84. The van der Waals surface area contributed by atoms with Crippen LogP contribution in [-0.4, -0.2) is 72.0 Å². The Morgan fingerprint density at radius 1 is 1.05 bits per heavy atom. The number of allylic oxidation sites excluding steroid dienone is 1. The predicted molar refractivity (Wildman–Crippen MR) is 145 cm³/mol. The van der Waals surface area contributed by atoms with Crippen molar-refractivity contribution >= 4 is 12.0 Å². The maximum absolute atomic E-state index is 13.6. The van der Waals surface area contributed by atoms with Crippen LogP contribution in [0.25, 0.3) is 0 Å². The number of carbonyl (C=O) groups is 2. The first-order chi connectivity index (χ1) is 18.7. The van der Waals surface area contributed by atoms with Crippen molar-refractivity contribution in [3.05, 3.63) is 11.6 Å². The lowest BCUT2D eigenvalue weighted by atomic mass is 9.46. The van der Waals surface area contributed by atoms with Crippen LogP contribution < -0.4 is 0 Å². The van der Waals surface area contributed by atoms with Gasteiger partial charge in [0.05, 0.1) is 7.11 Å². The second kappa shape index (κ2) is 10.5. The van der Waals surface area contributed by atoms with Crippen LogP contribution in [0, 0.1) is 40.4 Å². The van der Waals surface area contributed by atoms with E-state index < -0.39 is 11.8 Å². The van der Waals surface area contributed by atoms with Crippen molar-refractivity contribution in [1.82, 2.24) is 9.80 Å². The lowest BCUT2D eigenvalue weighted by molar-refractivity contribution is -0.271. The third kappa shape index (κ3) is 4.86. The standard InChI is InChI=1S/C31H47F3N2O4/c1-20(5-10-26(37)35-15-17-36(18-16-35)27(38)40-4)23-8-9-24-22-7-6-21-19-30(39,31(32,33)34)14-13-28(21,2)25(22)11-12-29(23,24)3/h6,20,22-25,39H,5,7-19H2,1-4H3/t20?,22-,23+,24-,25-,28-,29+,30-/m0/s1. The van der Waals surface area contributed by atoms with Crippen LogP contribution in [0.5, 0.6) is 0 Å². The number of carbonyl (C=O) groups excluding carboxylic acids is 2. The smallest absolute Gasteiger partial charge is 0.417 e. The van der Waals surface area contributed by atoms with Gasteiger partial charge in [-0.1, -0.05) is 32.4 Å². The van der Waals surface area contributed by atoms with Crippen LogP contribution in [0.1, 0.15) is 85.0 Å². The molecule has 4 aliphatic carbocycles. The highest BCUT2D eigenvalue weighted by Crippen LogP contribution is 2.68. The van der Waals surface area contributed by atoms with Crippen molar-refractivity contribution in [3.8, 4) is 0 Å². The average molecular weight is 569 g/mol. The molecular weight excluding hydrogens is 521 g/mol. The summed E-state index contributed by atoms with van der Waals surface area (Å²) in [5.74, 6) is 2.54. The van der Waals surface area contributed by atoms with Crippen LogP contribution >= 0.6 is 0 Å². The number of fused-ring (bicyclic) bond motifs is 5. The third-order valence-electron chi connectivity index (χ3n) is 12.3. The molecule has 6 nitrogen and oxygen atoms in total. The van der Waals surface area contributed by atoms with Crippen LogP contribution in [-0.2, 0) is 9.53 Å². The Balaban J connectivity index is 1.20. The SMILES string of the molecule is COC(=O)N1CCN(C(=O)CCC(C)[C@H]2CC[C@H]3[C@@H]4CC=C5C[C@](O)(C(F)(F)F)CC[C@]5(C)[C@H]4CC[C@]23C)CC1. The number of hydrogen-bond acceptors (Lipinski definition) is 4. The molecule has 1 N–H and O–H groups in total. The Morgan fingerprint density at radius 3 is 2.38 bits per heavy atom. The fourth-order valence-corrected chi connectivity index (χ4v) is 9.84. The van der Waals surface area contributed by atoms with Gasteiger partial charge in [0.15, 0.2) is 5.60 Å². The number of hydrogen-bond donors (Lipinski definition) is 1. The maximum atomic E-state index is 13.6. The molecule has 1 unspecified atom stereocenters. The quantitative estimate of drug-likeness (QED) is 0.411. The van der Waals surface area contributed by atoms with Gasteiger partial charge < -0.3 is 19.6 Å². The molecule has 2 amide bonds. The van der Waals surface area contributed by atoms with Gasteiger partial charge in [-0.05, 0) is 91.8 Å². The molecule has 0 radical (unpaired) electrons. The summed E-state index contributed by atoms with van der Waals surface area (Å²) in [7, 11) is 1.37. The number of alkyl halides is 3. The van der Waals surface area contributed by atoms with Gasteiger partial charge >= 0.3 is 12.3 Å². The van der Waals surface area contributed by atoms with E-state index in [0.29, 0.717) is 68.6 Å². The maximum Gasteiger partial charge on any atom is 0.417 e. The highest BCUT2D eigenvalue weighted by Gasteiger charge is 2.63. The number of ether oxygens (including phenoxy) is 1. The van der Waals surface area contributed by atoms with Gasteiger partial charge in [-0.2, -0.15) is 13.2 Å². The van der Waals surface area contributed by atoms with E-state index in [2.05, 4.69) is 26.8 Å². The fraction of sp³-hybridized carbons (Fsp3) is 0.871. The average Bonchev–Trinajstić information content (AvgIpc) is 3.28. The van der Waals surface area contributed by atoms with Gasteiger partial charge in [0.25, 0.3) is 0 Å². The largest absolute Gasteiger partial charge is 0.453 e. The van der Waals surface area contributed by atoms with Crippen molar-refractivity contribution in [3.63, 3.8) is 0 Å². The molecule has 3 saturated carbocycles. The van der Waals surface area contributed by atoms with Crippen LogP contribution in [0.2, 0.25) is 0 Å². The molecular formula is C31H47F3N2O4. The summed E-state index contributed by atoms with van der Waals surface area (Å²) >= 11 is 0. The van der Waals surface area contributed by atoms with Gasteiger partial charge in [-0.3, -0.25) is 4.79 Å². The summed E-state index contributed by atoms with van der Waals surface area (Å²) in [5, 5.41) is 10.4. The van der Waals surface area contributed by atoms with E-state index in [1.165, 1.54) is 7.11 Å². The summed E-state index contributed by atoms with van der Waals surface area (Å²) in [6, 6.07) is 0. The Kier molecular flexibility index (Phi) is 7.80. The minimum Gasteiger partial charge on any atom is -0.453 e. The highest BCUT2D eigenvalue weighted by atomic mass is 19.4. The molecule has 0 spiro atoms. The number of amides is 2. The molecule has 1 aliphatic heterocycles. The predicted octanol–water partition coefficient (Wildman–Crippen LogP) is 6.19. The van der Waals surface area contributed by atoms with Crippen LogP contribution in [0.15, 0.2) is 11.6 Å². The molecule has 1 heterocycles. The van der Waals surface area contributed by atoms with Crippen molar-refractivity contribution in [2.24, 2.45) is 40.4 Å². The van der Waals surface area contributed by atoms with E-state index in [0.717, 1.165) is 44.1 Å². The molecule has 40 heavy (non-hydrogen) atoms. The van der Waals surface area contributed by atoms with E-state index in [9.17, 15) is 27.9 Å². The lowest BCUT2D eigenvalue weighted by Crippen LogP contribution is -2.55. The van der Waals surface area contributed by atoms with E-state index in [-0.39, 0.29) is 35.7 Å². The Labute approximate surface area is 236 Å². The Morgan fingerprint density at radius 2 is 1.73 bits per heavy atom. The molecule has 0 aromatic rings. The number of aliphatic hydroxyl groups is 1. The Bertz CT molecular complexity index is 1020. The van der Waals surface area contributed by atoms with Gasteiger partial charge in [0, 0.05) is 39.0 Å². The van der Waals surface area contributed by atoms with Crippen LogP contribution in [0.3, 0.4) is 0 Å². The minimum absolute atomic E-state index is 0.161. The van der Waals surface area contributed by atoms with E-state index >= 15 is 0 Å². The zero-order valence-electron chi connectivity index (χ0n) is 24.6. The topological polar surface area (TPSA) is 70.1 Å². The van der Waals surface area contributed by atoms with E-state index in [1.54, 1.807) is 4.90 Å². The normalized spacial score (nSPS) is 40.5. The minimum atomic E-state index is -4.59. The molecule has 0 bridgehead atoms. The number of methoxy groups -OCH3 is 1. The second-order valence-corrected chi connectivity index (χ2v) is 14.0. The molecule has 4 fully saturated rings. The van der Waals surface area contributed by atoms with Gasteiger partial charge in [0.1, 0.15) is 0 Å². The van der Waals surface area contributed by atoms with E-state index in [1.807, 2.05) is 4.90 Å². The van der Waals surface area contributed by atoms with Crippen molar-refractivity contribution in [1.29, 1.82) is 0 Å². The molecule has 5 aliphatic rings. The molecule has 0 aromatic heterocycles. The number of nitrogens with zero attached hydrogens (tertiary/aromatic N) is 2. The molecule has 9 heteroatoms. The summed E-state index contributed by atoms with van der Waals surface area (Å²) in [5.41, 5.74) is -1.82. The molecule has 0 aromatic carbocycles. The van der Waals surface area contributed by atoms with Crippen molar-refractivity contribution in [2.75, 3.05) is 33.3 Å². The Hall–Kier alpha value is -1.77. The second-order valence-electron chi connectivity index (χ2n) is 14.0. The first kappa shape index (κ1) is 29.7. The zero-order valence-corrected chi connectivity index (χ0v) is 24.6. The van der Waals surface area contributed by atoms with Crippen LogP contribution in [0.4, 0.5) is 18.0 Å². The van der Waals surface area contributed by atoms with Crippen molar-refractivity contribution < 1.29 is 32.6 Å². The highest BCUT2D eigenvalue weighted by molar-refractivity contribution is 5.76. The lowest BCUT2D eigenvalue weighted by Gasteiger charge is -2.59. The summed E-state index contributed by atoms with van der Waals surface area (Å²) in [4.78, 5) is 28.2. The number of rotatable bonds is 4. The molecule has 5 rings (SSSR count). The zero-order chi connectivity index (χ0) is 29.1. The van der Waals surface area contributed by atoms with Gasteiger partial charge in [0.2, 0.25) is 5.91 Å². The molecule has 226 valence electrons. The van der Waals surface area contributed by atoms with E-state index in [4.69, 9.17) is 4.74 Å². The van der Waals surface area contributed by atoms with Gasteiger partial charge in [-0.25, -0.2) is 4.79 Å². The number of halogens is 3. The molecule has 8 atom stereocenters. The monoisotopic (exact) mass is 568 g/mol. The summed E-state index contributed by atoms with van der Waals surface area (Å²) in [6.45, 7) is 9.01. The van der Waals surface area contributed by atoms with Gasteiger partial charge in [-0.15, -0.1) is 0 Å². The van der Waals surface area contributed by atoms with Crippen molar-refractivity contribution in [2.45, 2.75) is 96.8 Å². The first-order valence-corrected chi connectivity index (χ1v) is 15.3. The summed E-state index contributed by atoms with van der Waals surface area (Å²) in [6.07, 6.45) is 3.67. The first-order valence-electron chi connectivity index (χ1n) is 15.3. The molecule has 1 saturated heterocycles. The third-order valence-corrected chi connectivity index (χ3v) is 12.3.